The number of benzene rings is 1. The molecule has 0 bridgehead atoms. The molecular weight excluding hydrogens is 450 g/mol. The highest BCUT2D eigenvalue weighted by molar-refractivity contribution is 9.10. The van der Waals surface area contributed by atoms with E-state index in [1.165, 1.54) is 43.0 Å². The lowest BCUT2D eigenvalue weighted by atomic mass is 9.89. The third-order valence-corrected chi connectivity index (χ3v) is 7.09. The van der Waals surface area contributed by atoms with Gasteiger partial charge in [-0.3, -0.25) is 4.79 Å². The number of nitrogens with two attached hydrogens (primary N) is 1. The van der Waals surface area contributed by atoms with Crippen molar-refractivity contribution in [3.8, 4) is 0 Å². The molecule has 2 fully saturated rings. The van der Waals surface area contributed by atoms with Gasteiger partial charge in [0.1, 0.15) is 0 Å². The molecule has 2 aromatic rings. The number of aromatic nitrogens is 1. The van der Waals surface area contributed by atoms with Crippen LogP contribution in [0.5, 0.6) is 0 Å². The minimum absolute atomic E-state index is 0. The summed E-state index contributed by atoms with van der Waals surface area (Å²) in [5.74, 6) is 0.901. The van der Waals surface area contributed by atoms with Crippen molar-refractivity contribution in [1.29, 1.82) is 0 Å². The Hall–Kier alpha value is -1.04. The Morgan fingerprint density at radius 2 is 1.83 bits per heavy atom. The van der Waals surface area contributed by atoms with Crippen molar-refractivity contribution in [2.45, 2.75) is 82.8 Å². The van der Waals surface area contributed by atoms with E-state index in [2.05, 4.69) is 50.2 Å². The highest BCUT2D eigenvalue weighted by Crippen LogP contribution is 2.30. The van der Waals surface area contributed by atoms with Gasteiger partial charge < -0.3 is 15.6 Å². The zero-order valence-electron chi connectivity index (χ0n) is 17.0. The lowest BCUT2D eigenvalue weighted by molar-refractivity contribution is -0.121. The first-order valence-corrected chi connectivity index (χ1v) is 11.7. The molecule has 2 aliphatic carbocycles. The molecule has 0 atom stereocenters. The van der Waals surface area contributed by atoms with Gasteiger partial charge in [-0.2, -0.15) is 0 Å². The van der Waals surface area contributed by atoms with Gasteiger partial charge in [0.25, 0.3) is 0 Å². The van der Waals surface area contributed by atoms with Gasteiger partial charge in [0.15, 0.2) is 0 Å². The Kier molecular flexibility index (Phi) is 8.06. The topological polar surface area (TPSA) is 60.0 Å². The van der Waals surface area contributed by atoms with Crippen molar-refractivity contribution in [1.82, 2.24) is 9.88 Å². The zero-order chi connectivity index (χ0) is 19.5. The Balaban J connectivity index is 0.00000240. The Labute approximate surface area is 188 Å². The van der Waals surface area contributed by atoms with Gasteiger partial charge in [0, 0.05) is 40.2 Å². The van der Waals surface area contributed by atoms with E-state index in [1.807, 2.05) is 0 Å². The first-order valence-electron chi connectivity index (χ1n) is 10.9. The molecule has 1 heterocycles. The van der Waals surface area contributed by atoms with Crippen LogP contribution < -0.4 is 11.1 Å². The lowest BCUT2D eigenvalue weighted by Gasteiger charge is -2.26. The number of hydrogen-bond acceptors (Lipinski definition) is 2. The largest absolute Gasteiger partial charge is 0.353 e. The van der Waals surface area contributed by atoms with Crippen molar-refractivity contribution >= 4 is 45.1 Å². The third kappa shape index (κ3) is 5.77. The van der Waals surface area contributed by atoms with Crippen LogP contribution in [0.1, 0.15) is 63.4 Å². The number of carbonyl (C=O) groups excluding carboxylic acids is 1. The van der Waals surface area contributed by atoms with E-state index in [-0.39, 0.29) is 24.4 Å². The van der Waals surface area contributed by atoms with Gasteiger partial charge in [0.2, 0.25) is 5.91 Å². The highest BCUT2D eigenvalue weighted by atomic mass is 79.9. The van der Waals surface area contributed by atoms with Gasteiger partial charge >= 0.3 is 0 Å². The Morgan fingerprint density at radius 3 is 2.55 bits per heavy atom. The van der Waals surface area contributed by atoms with Crippen LogP contribution in [-0.4, -0.2) is 22.6 Å². The van der Waals surface area contributed by atoms with Gasteiger partial charge in [-0.05, 0) is 68.2 Å². The predicted octanol–water partition coefficient (Wildman–Crippen LogP) is 5.33. The van der Waals surface area contributed by atoms with E-state index < -0.39 is 0 Å². The number of halogens is 2. The zero-order valence-corrected chi connectivity index (χ0v) is 19.4. The summed E-state index contributed by atoms with van der Waals surface area (Å²) < 4.78 is 3.46. The standard InChI is InChI=1S/C23H32BrN3O.ClH/c24-18-6-11-22-21(13-18)17(15-27(22)14-16-4-2-1-3-5-16)12-23(28)26-20-9-7-19(25)8-10-20;/h6,11,13,15-16,19-20H,1-5,7-10,12,14,25H2,(H,26,28);1H. The van der Waals surface area contributed by atoms with Crippen molar-refractivity contribution in [2.24, 2.45) is 11.7 Å². The summed E-state index contributed by atoms with van der Waals surface area (Å²) in [4.78, 5) is 12.7. The van der Waals surface area contributed by atoms with E-state index >= 15 is 0 Å². The van der Waals surface area contributed by atoms with E-state index in [1.54, 1.807) is 0 Å². The summed E-state index contributed by atoms with van der Waals surface area (Å²) in [6, 6.07) is 7.05. The number of amides is 1. The number of fused-ring (bicyclic) bond motifs is 1. The number of carbonyl (C=O) groups is 1. The second kappa shape index (κ2) is 10.3. The molecule has 1 amide bonds. The minimum Gasteiger partial charge on any atom is -0.353 e. The molecule has 4 rings (SSSR count). The molecule has 2 saturated carbocycles. The van der Waals surface area contributed by atoms with Crippen molar-refractivity contribution < 1.29 is 4.79 Å². The van der Waals surface area contributed by atoms with E-state index in [0.29, 0.717) is 12.5 Å². The number of nitrogens with zero attached hydrogens (tertiary/aromatic N) is 1. The molecule has 0 aliphatic heterocycles. The SMILES string of the molecule is Cl.NC1CCC(NC(=O)Cc2cn(CC3CCCCC3)c3ccc(Br)cc23)CC1. The molecule has 3 N–H and O–H groups in total. The molecule has 1 aromatic heterocycles. The first kappa shape index (κ1) is 22.6. The summed E-state index contributed by atoms with van der Waals surface area (Å²) in [6.07, 6.45) is 13.5. The quantitative estimate of drug-likeness (QED) is 0.605. The van der Waals surface area contributed by atoms with Gasteiger partial charge in [-0.25, -0.2) is 0 Å². The number of rotatable bonds is 5. The van der Waals surface area contributed by atoms with Crippen molar-refractivity contribution in [3.05, 3.63) is 34.4 Å². The van der Waals surface area contributed by atoms with Crippen LogP contribution in [0.15, 0.2) is 28.9 Å². The Morgan fingerprint density at radius 1 is 1.10 bits per heavy atom. The van der Waals surface area contributed by atoms with Gasteiger partial charge in [0.05, 0.1) is 6.42 Å². The third-order valence-electron chi connectivity index (χ3n) is 6.59. The predicted molar refractivity (Wildman–Crippen MR) is 126 cm³/mol. The Bertz CT molecular complexity index is 823. The van der Waals surface area contributed by atoms with Gasteiger partial charge in [-0.15, -0.1) is 12.4 Å². The summed E-state index contributed by atoms with van der Waals surface area (Å²) in [5.41, 5.74) is 8.37. The van der Waals surface area contributed by atoms with Crippen molar-refractivity contribution in [2.75, 3.05) is 0 Å². The molecule has 29 heavy (non-hydrogen) atoms. The first-order chi connectivity index (χ1) is 13.6. The molecule has 2 aliphatic rings. The average molecular weight is 483 g/mol. The van der Waals surface area contributed by atoms with E-state index in [9.17, 15) is 4.79 Å². The summed E-state index contributed by atoms with van der Waals surface area (Å²) in [5, 5.41) is 4.44. The van der Waals surface area contributed by atoms with Crippen LogP contribution in [-0.2, 0) is 17.8 Å². The van der Waals surface area contributed by atoms with Crippen LogP contribution in [0.3, 0.4) is 0 Å². The van der Waals surface area contributed by atoms with E-state index in [0.717, 1.165) is 48.2 Å². The van der Waals surface area contributed by atoms with Crippen LogP contribution in [0.25, 0.3) is 10.9 Å². The monoisotopic (exact) mass is 481 g/mol. The maximum absolute atomic E-state index is 12.7. The van der Waals surface area contributed by atoms with Crippen LogP contribution in [0.4, 0.5) is 0 Å². The molecule has 0 unspecified atom stereocenters. The second-order valence-electron chi connectivity index (χ2n) is 8.83. The molecule has 0 radical (unpaired) electrons. The maximum Gasteiger partial charge on any atom is 0.224 e. The molecule has 1 aromatic carbocycles. The summed E-state index contributed by atoms with van der Waals surface area (Å²) in [6.45, 7) is 1.07. The van der Waals surface area contributed by atoms with Gasteiger partial charge in [-0.1, -0.05) is 35.2 Å². The molecule has 0 spiro atoms. The lowest BCUT2D eigenvalue weighted by Crippen LogP contribution is -2.41. The maximum atomic E-state index is 12.7. The van der Waals surface area contributed by atoms with Crippen LogP contribution in [0.2, 0.25) is 0 Å². The smallest absolute Gasteiger partial charge is 0.224 e. The summed E-state index contributed by atoms with van der Waals surface area (Å²) >= 11 is 3.60. The number of nitrogens with one attached hydrogen (secondary N) is 1. The minimum atomic E-state index is 0. The molecule has 0 saturated heterocycles. The average Bonchev–Trinajstić information content (AvgIpc) is 3.01. The fourth-order valence-electron chi connectivity index (χ4n) is 5.00. The molecule has 160 valence electrons. The molecular formula is C23H33BrClN3O. The van der Waals surface area contributed by atoms with E-state index in [4.69, 9.17) is 5.73 Å². The second-order valence-corrected chi connectivity index (χ2v) is 9.74. The fourth-order valence-corrected chi connectivity index (χ4v) is 5.36. The normalized spacial score (nSPS) is 23.0. The highest BCUT2D eigenvalue weighted by Gasteiger charge is 2.21. The fraction of sp³-hybridized carbons (Fsp3) is 0.609. The van der Waals surface area contributed by atoms with Crippen molar-refractivity contribution in [3.63, 3.8) is 0 Å². The van der Waals surface area contributed by atoms with Crippen LogP contribution in [0, 0.1) is 5.92 Å². The molecule has 4 nitrogen and oxygen atoms in total. The number of hydrogen-bond donors (Lipinski definition) is 2. The van der Waals surface area contributed by atoms with Crippen LogP contribution >= 0.6 is 28.3 Å². The summed E-state index contributed by atoms with van der Waals surface area (Å²) in [7, 11) is 0. The molecule has 6 heteroatoms.